The molecule has 1 aromatic heterocycles. The summed E-state index contributed by atoms with van der Waals surface area (Å²) in [7, 11) is 0. The maximum atomic E-state index is 6.75. The molecule has 7 aromatic carbocycles. The lowest BCUT2D eigenvalue weighted by molar-refractivity contribution is 0.435. The van der Waals surface area contributed by atoms with Crippen molar-refractivity contribution >= 4 is 32.7 Å². The lowest BCUT2D eigenvalue weighted by Crippen LogP contribution is -2.34. The van der Waals surface area contributed by atoms with Gasteiger partial charge < -0.3 is 9.15 Å². The third kappa shape index (κ3) is 3.47. The van der Waals surface area contributed by atoms with Crippen LogP contribution in [-0.2, 0) is 5.41 Å². The molecule has 2 nitrogen and oxygen atoms in total. The molecule has 2 heteroatoms. The molecule has 0 spiro atoms. The molecule has 0 saturated carbocycles. The van der Waals surface area contributed by atoms with E-state index in [4.69, 9.17) is 9.15 Å². The van der Waals surface area contributed by atoms with Crippen LogP contribution in [0.25, 0.3) is 43.8 Å². The van der Waals surface area contributed by atoms with Crippen molar-refractivity contribution in [1.82, 2.24) is 0 Å². The molecular formula is C41H26O2. The third-order valence-electron chi connectivity index (χ3n) is 8.98. The number of hydrogen-bond donors (Lipinski definition) is 0. The average Bonchev–Trinajstić information content (AvgIpc) is 3.44. The minimum atomic E-state index is -0.529. The Morgan fingerprint density at radius 2 is 1.09 bits per heavy atom. The summed E-state index contributed by atoms with van der Waals surface area (Å²) < 4.78 is 13.2. The zero-order valence-electron chi connectivity index (χ0n) is 23.3. The van der Waals surface area contributed by atoms with E-state index < -0.39 is 5.41 Å². The molecule has 0 bridgehead atoms. The second-order valence-electron chi connectivity index (χ2n) is 11.3. The van der Waals surface area contributed by atoms with E-state index in [1.807, 2.05) is 0 Å². The summed E-state index contributed by atoms with van der Waals surface area (Å²) in [5, 5.41) is 4.62. The minimum Gasteiger partial charge on any atom is -0.457 e. The van der Waals surface area contributed by atoms with E-state index in [0.717, 1.165) is 55.7 Å². The summed E-state index contributed by atoms with van der Waals surface area (Å²) in [5.41, 5.74) is 8.16. The predicted molar refractivity (Wildman–Crippen MR) is 175 cm³/mol. The number of rotatable bonds is 3. The van der Waals surface area contributed by atoms with Crippen LogP contribution in [0.1, 0.15) is 22.3 Å². The topological polar surface area (TPSA) is 22.4 Å². The molecular weight excluding hydrogens is 524 g/mol. The van der Waals surface area contributed by atoms with Crippen LogP contribution in [0.2, 0.25) is 0 Å². The summed E-state index contributed by atoms with van der Waals surface area (Å²) in [6.45, 7) is 0. The van der Waals surface area contributed by atoms with Gasteiger partial charge in [-0.2, -0.15) is 0 Å². The van der Waals surface area contributed by atoms with E-state index in [0.29, 0.717) is 0 Å². The summed E-state index contributed by atoms with van der Waals surface area (Å²) in [6, 6.07) is 55.9. The van der Waals surface area contributed by atoms with Crippen LogP contribution in [0.5, 0.6) is 11.5 Å². The quantitative estimate of drug-likeness (QED) is 0.218. The van der Waals surface area contributed by atoms with Gasteiger partial charge in [0.05, 0.1) is 5.41 Å². The Morgan fingerprint density at radius 3 is 1.86 bits per heavy atom. The zero-order valence-corrected chi connectivity index (χ0v) is 23.3. The first-order chi connectivity index (χ1) is 21.3. The van der Waals surface area contributed by atoms with E-state index in [9.17, 15) is 0 Å². The summed E-state index contributed by atoms with van der Waals surface area (Å²) >= 11 is 0. The highest BCUT2D eigenvalue weighted by atomic mass is 16.5. The van der Waals surface area contributed by atoms with Crippen LogP contribution in [0.3, 0.4) is 0 Å². The first-order valence-electron chi connectivity index (χ1n) is 14.7. The number of furan rings is 1. The monoisotopic (exact) mass is 550 g/mol. The van der Waals surface area contributed by atoms with Crippen molar-refractivity contribution in [2.24, 2.45) is 0 Å². The molecule has 0 radical (unpaired) electrons. The van der Waals surface area contributed by atoms with Gasteiger partial charge in [-0.3, -0.25) is 0 Å². The van der Waals surface area contributed by atoms with E-state index in [1.54, 1.807) is 0 Å². The van der Waals surface area contributed by atoms with Crippen molar-refractivity contribution in [2.75, 3.05) is 0 Å². The van der Waals surface area contributed by atoms with Crippen LogP contribution >= 0.6 is 0 Å². The Morgan fingerprint density at radius 1 is 0.442 bits per heavy atom. The molecule has 8 aromatic rings. The van der Waals surface area contributed by atoms with E-state index in [1.165, 1.54) is 21.9 Å². The van der Waals surface area contributed by atoms with E-state index in [-0.39, 0.29) is 0 Å². The Kier molecular flexibility index (Phi) is 5.15. The van der Waals surface area contributed by atoms with Crippen molar-refractivity contribution in [3.8, 4) is 22.6 Å². The molecule has 202 valence electrons. The van der Waals surface area contributed by atoms with Crippen molar-refractivity contribution in [3.05, 3.63) is 180 Å². The molecule has 1 aliphatic rings. The summed E-state index contributed by atoms with van der Waals surface area (Å²) in [4.78, 5) is 0. The van der Waals surface area contributed by atoms with Gasteiger partial charge in [0.25, 0.3) is 0 Å². The van der Waals surface area contributed by atoms with Crippen molar-refractivity contribution in [3.63, 3.8) is 0 Å². The fourth-order valence-electron chi connectivity index (χ4n) is 7.13. The molecule has 9 rings (SSSR count). The van der Waals surface area contributed by atoms with Crippen molar-refractivity contribution < 1.29 is 9.15 Å². The normalized spacial score (nSPS) is 13.5. The number of fused-ring (bicyclic) bond motifs is 6. The number of hydrogen-bond acceptors (Lipinski definition) is 2. The van der Waals surface area contributed by atoms with Gasteiger partial charge in [0.2, 0.25) is 0 Å². The molecule has 0 atom stereocenters. The molecule has 43 heavy (non-hydrogen) atoms. The Bertz CT molecular complexity index is 2270. The van der Waals surface area contributed by atoms with Gasteiger partial charge in [0, 0.05) is 21.9 Å². The smallest absolute Gasteiger partial charge is 0.136 e. The largest absolute Gasteiger partial charge is 0.457 e. The predicted octanol–water partition coefficient (Wildman–Crippen LogP) is 10.9. The van der Waals surface area contributed by atoms with Gasteiger partial charge in [0.15, 0.2) is 0 Å². The van der Waals surface area contributed by atoms with Crippen LogP contribution in [-0.4, -0.2) is 0 Å². The molecule has 0 aliphatic carbocycles. The van der Waals surface area contributed by atoms with Crippen LogP contribution in [0.15, 0.2) is 162 Å². The number of benzene rings is 7. The molecule has 0 saturated heterocycles. The van der Waals surface area contributed by atoms with E-state index >= 15 is 0 Å². The SMILES string of the molecule is c1ccc(C2(c3ccccc3)c3ccccc3Oc3cc(-c4cccc5oc6cc7ccccc7cc6c45)ccc32)cc1. The first-order valence-corrected chi connectivity index (χ1v) is 14.7. The maximum absolute atomic E-state index is 6.75. The summed E-state index contributed by atoms with van der Waals surface area (Å²) in [6.07, 6.45) is 0. The highest BCUT2D eigenvalue weighted by Crippen LogP contribution is 2.56. The second kappa shape index (κ2) is 9.20. The van der Waals surface area contributed by atoms with Crippen LogP contribution < -0.4 is 4.74 Å². The van der Waals surface area contributed by atoms with E-state index in [2.05, 4.69) is 158 Å². The van der Waals surface area contributed by atoms with Crippen molar-refractivity contribution in [1.29, 1.82) is 0 Å². The second-order valence-corrected chi connectivity index (χ2v) is 11.3. The molecule has 1 aliphatic heterocycles. The molecule has 0 fully saturated rings. The molecule has 0 N–H and O–H groups in total. The maximum Gasteiger partial charge on any atom is 0.136 e. The lowest BCUT2D eigenvalue weighted by atomic mass is 9.63. The third-order valence-corrected chi connectivity index (χ3v) is 8.98. The van der Waals surface area contributed by atoms with Crippen LogP contribution in [0.4, 0.5) is 0 Å². The minimum absolute atomic E-state index is 0.529. The van der Waals surface area contributed by atoms with Crippen LogP contribution in [0, 0.1) is 0 Å². The number of ether oxygens (including phenoxy) is 1. The first kappa shape index (κ1) is 24.0. The lowest BCUT2D eigenvalue weighted by Gasteiger charge is -2.41. The van der Waals surface area contributed by atoms with Crippen molar-refractivity contribution in [2.45, 2.75) is 5.41 Å². The Labute approximate surface area is 249 Å². The Balaban J connectivity index is 1.32. The zero-order chi connectivity index (χ0) is 28.4. The fourth-order valence-corrected chi connectivity index (χ4v) is 7.13. The molecule has 0 unspecified atom stereocenters. The van der Waals surface area contributed by atoms with Gasteiger partial charge in [-0.25, -0.2) is 0 Å². The fraction of sp³-hybridized carbons (Fsp3) is 0.0244. The highest BCUT2D eigenvalue weighted by molar-refractivity contribution is 6.15. The van der Waals surface area contributed by atoms with Gasteiger partial charge in [-0.1, -0.05) is 127 Å². The van der Waals surface area contributed by atoms with Gasteiger partial charge in [-0.05, 0) is 63.4 Å². The molecule has 2 heterocycles. The standard InChI is InChI=1S/C41H26O2/c1-3-14-30(15-4-1)41(31-16-5-2-6-17-31)34-19-9-10-20-36(34)42-39-26-29(22-23-35(39)41)32-18-11-21-37-40(32)33-24-27-12-7-8-13-28(27)25-38(33)43-37/h1-26H. The highest BCUT2D eigenvalue weighted by Gasteiger charge is 2.45. The van der Waals surface area contributed by atoms with Gasteiger partial charge in [0.1, 0.15) is 22.7 Å². The van der Waals surface area contributed by atoms with Gasteiger partial charge >= 0.3 is 0 Å². The van der Waals surface area contributed by atoms with Gasteiger partial charge in [-0.15, -0.1) is 0 Å². The average molecular weight is 551 g/mol. The summed E-state index contributed by atoms with van der Waals surface area (Å²) in [5.74, 6) is 1.73. The molecule has 0 amide bonds. The Hall–Kier alpha value is -5.60. The number of para-hydroxylation sites is 1.